The number of amides is 3. The van der Waals surface area contributed by atoms with Gasteiger partial charge in [-0.3, -0.25) is 14.4 Å². The number of aromatic nitrogens is 4. The molecule has 0 radical (unpaired) electrons. The lowest BCUT2D eigenvalue weighted by molar-refractivity contribution is -0.143. The van der Waals surface area contributed by atoms with Crippen molar-refractivity contribution in [2.24, 2.45) is 11.5 Å². The Balaban J connectivity index is 1.65. The summed E-state index contributed by atoms with van der Waals surface area (Å²) >= 11 is 0. The highest BCUT2D eigenvalue weighted by Gasteiger charge is 2.38. The Bertz CT molecular complexity index is 1030. The van der Waals surface area contributed by atoms with Crippen molar-refractivity contribution in [3.05, 3.63) is 36.4 Å². The number of carbonyl (C=O) groups excluding carboxylic acids is 3. The molecule has 3 rings (SSSR count). The lowest BCUT2D eigenvalue weighted by atomic mass is 10.1. The number of aliphatic carboxylic acids is 1. The molecule has 3 heterocycles. The van der Waals surface area contributed by atoms with Gasteiger partial charge in [0.1, 0.15) is 18.1 Å². The Morgan fingerprint density at radius 1 is 1.05 bits per heavy atom. The second kappa shape index (κ2) is 13.5. The minimum atomic E-state index is -1.22. The molecule has 37 heavy (non-hydrogen) atoms. The van der Waals surface area contributed by atoms with Gasteiger partial charge in [0.2, 0.25) is 17.7 Å². The first-order chi connectivity index (χ1) is 17.8. The fourth-order valence-corrected chi connectivity index (χ4v) is 4.35. The molecule has 14 nitrogen and oxygen atoms in total. The van der Waals surface area contributed by atoms with Gasteiger partial charge in [-0.15, -0.1) is 0 Å². The molecule has 4 unspecified atom stereocenters. The number of hydrogen-bond donors (Lipinski definition) is 7. The SMILES string of the molecule is NCCCCC(NC(=O)C1CCCN1C(=O)C(N)Cc1cnc[nH]1)C(=O)NC(Cc1cnc[nH]1)C(=O)O. The molecule has 0 aliphatic carbocycles. The summed E-state index contributed by atoms with van der Waals surface area (Å²) in [6, 6.07) is -3.83. The van der Waals surface area contributed by atoms with Crippen LogP contribution >= 0.6 is 0 Å². The highest BCUT2D eigenvalue weighted by Crippen LogP contribution is 2.19. The minimum Gasteiger partial charge on any atom is -0.480 e. The summed E-state index contributed by atoms with van der Waals surface area (Å²) in [7, 11) is 0. The van der Waals surface area contributed by atoms with Crippen LogP contribution in [0.4, 0.5) is 0 Å². The highest BCUT2D eigenvalue weighted by atomic mass is 16.4. The number of imidazole rings is 2. The molecule has 202 valence electrons. The minimum absolute atomic E-state index is 0.00364. The van der Waals surface area contributed by atoms with Gasteiger partial charge in [-0.25, -0.2) is 14.8 Å². The molecule has 1 fully saturated rings. The largest absolute Gasteiger partial charge is 0.480 e. The van der Waals surface area contributed by atoms with Gasteiger partial charge in [0, 0.05) is 43.2 Å². The number of carbonyl (C=O) groups is 4. The smallest absolute Gasteiger partial charge is 0.326 e. The first-order valence-corrected chi connectivity index (χ1v) is 12.3. The van der Waals surface area contributed by atoms with E-state index in [1.165, 1.54) is 23.8 Å². The van der Waals surface area contributed by atoms with Crippen molar-refractivity contribution in [3.8, 4) is 0 Å². The molecule has 2 aromatic heterocycles. The first kappa shape index (κ1) is 27.8. The van der Waals surface area contributed by atoms with Crippen LogP contribution in [0, 0.1) is 0 Å². The van der Waals surface area contributed by atoms with Crippen molar-refractivity contribution >= 4 is 23.7 Å². The van der Waals surface area contributed by atoms with Crippen LogP contribution in [0.3, 0.4) is 0 Å². The predicted molar refractivity (Wildman–Crippen MR) is 132 cm³/mol. The number of unbranched alkanes of at least 4 members (excludes halogenated alkanes) is 1. The van der Waals surface area contributed by atoms with Crippen LogP contribution in [0.15, 0.2) is 25.0 Å². The summed E-state index contributed by atoms with van der Waals surface area (Å²) in [4.78, 5) is 66.0. The van der Waals surface area contributed by atoms with E-state index in [2.05, 4.69) is 30.6 Å². The maximum absolute atomic E-state index is 13.2. The molecule has 1 saturated heterocycles. The summed E-state index contributed by atoms with van der Waals surface area (Å²) < 4.78 is 0. The van der Waals surface area contributed by atoms with Gasteiger partial charge in [0.25, 0.3) is 0 Å². The van der Waals surface area contributed by atoms with E-state index in [1.54, 1.807) is 6.20 Å². The van der Waals surface area contributed by atoms with Crippen LogP contribution in [0.5, 0.6) is 0 Å². The standard InChI is InChI=1S/C23H35N9O5/c24-6-2-1-4-17(20(33)31-18(23(36)37)9-15-11-27-13-29-15)30-21(34)19-5-3-7-32(19)22(35)16(25)8-14-10-26-12-28-14/h10-13,16-19H,1-9,24-25H2,(H,26,28)(H,27,29)(H,30,34)(H,31,33)(H,36,37). The van der Waals surface area contributed by atoms with Crippen molar-refractivity contribution in [2.75, 3.05) is 13.1 Å². The predicted octanol–water partition coefficient (Wildman–Crippen LogP) is -1.58. The third-order valence-electron chi connectivity index (χ3n) is 6.32. The number of nitrogens with one attached hydrogen (secondary N) is 4. The van der Waals surface area contributed by atoms with Crippen molar-refractivity contribution in [2.45, 2.75) is 69.1 Å². The number of carboxylic acids is 1. The Hall–Kier alpha value is -3.78. The van der Waals surface area contributed by atoms with Gasteiger partial charge in [-0.2, -0.15) is 0 Å². The third kappa shape index (κ3) is 7.85. The molecule has 14 heteroatoms. The van der Waals surface area contributed by atoms with Crippen molar-refractivity contribution in [1.29, 1.82) is 0 Å². The summed E-state index contributed by atoms with van der Waals surface area (Å²) in [5, 5.41) is 14.8. The zero-order chi connectivity index (χ0) is 26.8. The highest BCUT2D eigenvalue weighted by molar-refractivity contribution is 5.94. The van der Waals surface area contributed by atoms with E-state index >= 15 is 0 Å². The molecule has 1 aliphatic rings. The topological polar surface area (TPSA) is 225 Å². The maximum atomic E-state index is 13.2. The van der Waals surface area contributed by atoms with E-state index in [9.17, 15) is 24.3 Å². The van der Waals surface area contributed by atoms with Crippen LogP contribution in [-0.2, 0) is 32.0 Å². The molecular weight excluding hydrogens is 482 g/mol. The lowest BCUT2D eigenvalue weighted by Crippen LogP contribution is -2.57. The molecule has 1 aliphatic heterocycles. The Kier molecular flexibility index (Phi) is 10.1. The van der Waals surface area contributed by atoms with Crippen LogP contribution in [-0.4, -0.2) is 90.9 Å². The average Bonchev–Trinajstić information content (AvgIpc) is 3.65. The van der Waals surface area contributed by atoms with E-state index in [1.807, 2.05) is 0 Å². The monoisotopic (exact) mass is 517 g/mol. The molecule has 9 N–H and O–H groups in total. The van der Waals surface area contributed by atoms with Gasteiger partial charge in [-0.1, -0.05) is 0 Å². The molecule has 0 bridgehead atoms. The second-order valence-corrected chi connectivity index (χ2v) is 9.10. The van der Waals surface area contributed by atoms with Crippen LogP contribution < -0.4 is 22.1 Å². The van der Waals surface area contributed by atoms with Gasteiger partial charge < -0.3 is 42.1 Å². The number of carboxylic acid groups (broad SMARTS) is 1. The maximum Gasteiger partial charge on any atom is 0.326 e. The average molecular weight is 518 g/mol. The van der Waals surface area contributed by atoms with Crippen LogP contribution in [0.1, 0.15) is 43.5 Å². The molecule has 2 aromatic rings. The summed E-state index contributed by atoms with van der Waals surface area (Å²) in [6.07, 6.45) is 8.74. The summed E-state index contributed by atoms with van der Waals surface area (Å²) in [6.45, 7) is 0.794. The molecule has 4 atom stereocenters. The number of nitrogens with zero attached hydrogens (tertiary/aromatic N) is 3. The van der Waals surface area contributed by atoms with Crippen LogP contribution in [0.25, 0.3) is 0 Å². The van der Waals surface area contributed by atoms with E-state index in [4.69, 9.17) is 11.5 Å². The van der Waals surface area contributed by atoms with E-state index in [0.717, 1.165) is 0 Å². The fourth-order valence-electron chi connectivity index (χ4n) is 4.35. The molecule has 0 aromatic carbocycles. The van der Waals surface area contributed by atoms with Crippen molar-refractivity contribution in [3.63, 3.8) is 0 Å². The van der Waals surface area contributed by atoms with Gasteiger partial charge >= 0.3 is 5.97 Å². The number of H-pyrrole nitrogens is 2. The van der Waals surface area contributed by atoms with Crippen LogP contribution in [0.2, 0.25) is 0 Å². The Morgan fingerprint density at radius 3 is 2.32 bits per heavy atom. The molecular formula is C23H35N9O5. The van der Waals surface area contributed by atoms with Crippen molar-refractivity contribution in [1.82, 2.24) is 35.5 Å². The number of likely N-dealkylation sites (tertiary alicyclic amines) is 1. The van der Waals surface area contributed by atoms with Gasteiger partial charge in [0.15, 0.2) is 0 Å². The van der Waals surface area contributed by atoms with E-state index in [-0.39, 0.29) is 25.2 Å². The number of aromatic amines is 2. The quantitative estimate of drug-likeness (QED) is 0.143. The zero-order valence-electron chi connectivity index (χ0n) is 20.6. The number of nitrogens with two attached hydrogens (primary N) is 2. The lowest BCUT2D eigenvalue weighted by Gasteiger charge is -2.28. The summed E-state index contributed by atoms with van der Waals surface area (Å²) in [5.41, 5.74) is 12.9. The molecule has 0 spiro atoms. The Morgan fingerprint density at radius 2 is 1.73 bits per heavy atom. The van der Waals surface area contributed by atoms with E-state index in [0.29, 0.717) is 50.2 Å². The third-order valence-corrected chi connectivity index (χ3v) is 6.32. The molecule has 0 saturated carbocycles. The molecule has 3 amide bonds. The first-order valence-electron chi connectivity index (χ1n) is 12.3. The number of hydrogen-bond acceptors (Lipinski definition) is 8. The normalized spacial score (nSPS) is 17.7. The summed E-state index contributed by atoms with van der Waals surface area (Å²) in [5.74, 6) is -2.67. The van der Waals surface area contributed by atoms with Gasteiger partial charge in [0.05, 0.1) is 18.7 Å². The zero-order valence-corrected chi connectivity index (χ0v) is 20.6. The Labute approximate surface area is 214 Å². The number of rotatable bonds is 14. The van der Waals surface area contributed by atoms with E-state index < -0.39 is 42.0 Å². The van der Waals surface area contributed by atoms with Gasteiger partial charge in [-0.05, 0) is 38.6 Å². The fraction of sp³-hybridized carbons (Fsp3) is 0.565. The second-order valence-electron chi connectivity index (χ2n) is 9.10. The van der Waals surface area contributed by atoms with Crippen molar-refractivity contribution < 1.29 is 24.3 Å².